The van der Waals surface area contributed by atoms with E-state index in [0.29, 0.717) is 16.3 Å². The number of hydrogen-bond acceptors (Lipinski definition) is 6. The predicted octanol–water partition coefficient (Wildman–Crippen LogP) is 5.75. The number of halogens is 2. The number of carbonyl (C=O) groups is 1. The summed E-state index contributed by atoms with van der Waals surface area (Å²) in [5.41, 5.74) is 0.668. The zero-order chi connectivity index (χ0) is 25.3. The van der Waals surface area contributed by atoms with Crippen LogP contribution in [0.25, 0.3) is 10.4 Å². The van der Waals surface area contributed by atoms with Crippen LogP contribution in [0.3, 0.4) is 0 Å². The van der Waals surface area contributed by atoms with Crippen molar-refractivity contribution in [2.45, 2.75) is 28.7 Å². The van der Waals surface area contributed by atoms with E-state index in [9.17, 15) is 18.3 Å². The fourth-order valence-electron chi connectivity index (χ4n) is 4.10. The Morgan fingerprint density at radius 2 is 1.86 bits per heavy atom. The van der Waals surface area contributed by atoms with Gasteiger partial charge in [0, 0.05) is 33.8 Å². The first-order valence-electron chi connectivity index (χ1n) is 11.0. The standard InChI is InChI=1S/C26H21ClN2O5S2.ClH/c27-19-9-7-18(8-10-19)23-11-12-24(35-23)36(32,33)29-26(25(30)31)14-21(26)20-5-1-2-6-22(20)34-16-17-4-3-13-28-15-17;/h1-13,15,21,29H,14,16H2,(H,30,31);1H. The number of hydrogen-bond donors (Lipinski definition) is 2. The Kier molecular flexibility index (Phi) is 7.91. The van der Waals surface area contributed by atoms with Gasteiger partial charge in [0.15, 0.2) is 0 Å². The average Bonchev–Trinajstić information content (AvgIpc) is 3.36. The van der Waals surface area contributed by atoms with E-state index < -0.39 is 27.4 Å². The molecule has 7 nitrogen and oxygen atoms in total. The second-order valence-corrected chi connectivity index (χ2v) is 11.9. The van der Waals surface area contributed by atoms with Crippen LogP contribution in [-0.2, 0) is 21.4 Å². The third kappa shape index (κ3) is 5.66. The molecule has 0 saturated heterocycles. The average molecular weight is 578 g/mol. The highest BCUT2D eigenvalue weighted by atomic mass is 35.5. The highest BCUT2D eigenvalue weighted by Gasteiger charge is 2.64. The second kappa shape index (κ2) is 10.8. The minimum atomic E-state index is -4.09. The number of carboxylic acid groups (broad SMARTS) is 1. The minimum Gasteiger partial charge on any atom is -0.489 e. The van der Waals surface area contributed by atoms with Gasteiger partial charge in [0.25, 0.3) is 10.0 Å². The number of aromatic nitrogens is 1. The summed E-state index contributed by atoms with van der Waals surface area (Å²) in [5.74, 6) is -1.30. The molecule has 2 atom stereocenters. The van der Waals surface area contributed by atoms with E-state index in [1.54, 1.807) is 73.1 Å². The summed E-state index contributed by atoms with van der Waals surface area (Å²) < 4.78 is 35.0. The summed E-state index contributed by atoms with van der Waals surface area (Å²) in [6.45, 7) is 0.256. The first-order valence-corrected chi connectivity index (χ1v) is 13.7. The SMILES string of the molecule is Cl.O=C(O)C1(NS(=O)(=O)c2ccc(-c3ccc(Cl)cc3)s2)CC1c1ccccc1OCc1cccnc1. The van der Waals surface area contributed by atoms with Gasteiger partial charge < -0.3 is 9.84 Å². The molecule has 0 aliphatic heterocycles. The fourth-order valence-corrected chi connectivity index (χ4v) is 6.94. The number of rotatable bonds is 9. The molecular weight excluding hydrogens is 555 g/mol. The Morgan fingerprint density at radius 1 is 1.11 bits per heavy atom. The molecule has 0 radical (unpaired) electrons. The Morgan fingerprint density at radius 3 is 2.57 bits per heavy atom. The number of sulfonamides is 1. The van der Waals surface area contributed by atoms with Crippen molar-refractivity contribution in [2.24, 2.45) is 0 Å². The van der Waals surface area contributed by atoms with Crippen molar-refractivity contribution >= 4 is 51.3 Å². The molecule has 0 amide bonds. The Balaban J connectivity index is 0.00000320. The summed E-state index contributed by atoms with van der Waals surface area (Å²) in [6.07, 6.45) is 3.47. The van der Waals surface area contributed by atoms with Crippen LogP contribution in [0.4, 0.5) is 0 Å². The van der Waals surface area contributed by atoms with Crippen molar-refractivity contribution in [2.75, 3.05) is 0 Å². The summed E-state index contributed by atoms with van der Waals surface area (Å²) in [5, 5.41) is 10.6. The maximum Gasteiger partial charge on any atom is 0.325 e. The van der Waals surface area contributed by atoms with Gasteiger partial charge in [-0.1, -0.05) is 48.0 Å². The Bertz CT molecular complexity index is 1510. The first kappa shape index (κ1) is 27.1. The van der Waals surface area contributed by atoms with Crippen LogP contribution in [0.1, 0.15) is 23.5 Å². The van der Waals surface area contributed by atoms with E-state index in [1.165, 1.54) is 6.07 Å². The molecule has 0 spiro atoms. The van der Waals surface area contributed by atoms with E-state index in [2.05, 4.69) is 9.71 Å². The van der Waals surface area contributed by atoms with Gasteiger partial charge in [-0.15, -0.1) is 23.7 Å². The van der Waals surface area contributed by atoms with Gasteiger partial charge in [-0.2, -0.15) is 4.72 Å². The van der Waals surface area contributed by atoms with E-state index in [0.717, 1.165) is 27.3 Å². The van der Waals surface area contributed by atoms with Gasteiger partial charge in [0.05, 0.1) is 0 Å². The quantitative estimate of drug-likeness (QED) is 0.262. The zero-order valence-electron chi connectivity index (χ0n) is 19.2. The van der Waals surface area contributed by atoms with E-state index in [-0.39, 0.29) is 29.6 Å². The van der Waals surface area contributed by atoms with Crippen LogP contribution >= 0.6 is 35.3 Å². The number of benzene rings is 2. The molecule has 37 heavy (non-hydrogen) atoms. The molecule has 2 aromatic heterocycles. The molecule has 2 unspecified atom stereocenters. The van der Waals surface area contributed by atoms with Gasteiger partial charge in [0.1, 0.15) is 22.1 Å². The van der Waals surface area contributed by atoms with Crippen LogP contribution in [0.5, 0.6) is 5.75 Å². The highest BCUT2D eigenvalue weighted by molar-refractivity contribution is 7.91. The Hall–Kier alpha value is -2.95. The molecule has 1 aliphatic rings. The van der Waals surface area contributed by atoms with Gasteiger partial charge in [-0.05, 0) is 53.9 Å². The van der Waals surface area contributed by atoms with Crippen molar-refractivity contribution in [1.29, 1.82) is 0 Å². The number of para-hydroxylation sites is 1. The van der Waals surface area contributed by atoms with Crippen molar-refractivity contribution in [3.63, 3.8) is 0 Å². The monoisotopic (exact) mass is 576 g/mol. The number of nitrogens with one attached hydrogen (secondary N) is 1. The van der Waals surface area contributed by atoms with Gasteiger partial charge >= 0.3 is 5.97 Å². The molecule has 0 bridgehead atoms. The maximum absolute atomic E-state index is 13.2. The lowest BCUT2D eigenvalue weighted by molar-refractivity contribution is -0.140. The van der Waals surface area contributed by atoms with Gasteiger partial charge in [-0.3, -0.25) is 9.78 Å². The number of ether oxygens (including phenoxy) is 1. The molecular formula is C26H22Cl2N2O5S2. The third-order valence-corrected chi connectivity index (χ3v) is 9.43. The van der Waals surface area contributed by atoms with Crippen LogP contribution < -0.4 is 9.46 Å². The predicted molar refractivity (Wildman–Crippen MR) is 145 cm³/mol. The van der Waals surface area contributed by atoms with Crippen molar-refractivity contribution in [1.82, 2.24) is 9.71 Å². The molecule has 192 valence electrons. The molecule has 2 heterocycles. The maximum atomic E-state index is 13.2. The first-order chi connectivity index (χ1) is 17.3. The molecule has 1 fully saturated rings. The minimum absolute atomic E-state index is 0. The van der Waals surface area contributed by atoms with E-state index in [1.807, 2.05) is 6.07 Å². The number of carboxylic acids is 1. The molecule has 1 aliphatic carbocycles. The van der Waals surface area contributed by atoms with Gasteiger partial charge in [0.2, 0.25) is 0 Å². The van der Waals surface area contributed by atoms with Crippen LogP contribution in [0, 0.1) is 0 Å². The van der Waals surface area contributed by atoms with Crippen LogP contribution in [-0.4, -0.2) is 30.0 Å². The van der Waals surface area contributed by atoms with Crippen molar-refractivity contribution in [3.05, 3.63) is 101 Å². The summed E-state index contributed by atoms with van der Waals surface area (Å²) >= 11 is 7.01. The molecule has 11 heteroatoms. The third-order valence-electron chi connectivity index (χ3n) is 6.05. The van der Waals surface area contributed by atoms with Crippen molar-refractivity contribution in [3.8, 4) is 16.2 Å². The largest absolute Gasteiger partial charge is 0.489 e. The van der Waals surface area contributed by atoms with Gasteiger partial charge in [-0.25, -0.2) is 8.42 Å². The summed E-state index contributed by atoms with van der Waals surface area (Å²) in [7, 11) is -4.09. The molecule has 2 N–H and O–H groups in total. The van der Waals surface area contributed by atoms with Crippen molar-refractivity contribution < 1.29 is 23.1 Å². The lowest BCUT2D eigenvalue weighted by atomic mass is 10.1. The van der Waals surface area contributed by atoms with Crippen LogP contribution in [0.15, 0.2) is 89.4 Å². The summed E-state index contributed by atoms with van der Waals surface area (Å²) in [6, 6.07) is 21.0. The van der Waals surface area contributed by atoms with E-state index >= 15 is 0 Å². The second-order valence-electron chi connectivity index (χ2n) is 8.45. The lowest BCUT2D eigenvalue weighted by Crippen LogP contribution is -2.44. The molecule has 2 aromatic carbocycles. The Labute approximate surface area is 229 Å². The smallest absolute Gasteiger partial charge is 0.325 e. The van der Waals surface area contributed by atoms with Crippen LogP contribution in [0.2, 0.25) is 5.02 Å². The number of thiophene rings is 1. The number of nitrogens with zero attached hydrogens (tertiary/aromatic N) is 1. The highest BCUT2D eigenvalue weighted by Crippen LogP contribution is 2.55. The molecule has 5 rings (SSSR count). The number of pyridine rings is 1. The topological polar surface area (TPSA) is 106 Å². The normalized spacial score (nSPS) is 18.6. The fraction of sp³-hybridized carbons (Fsp3) is 0.154. The van der Waals surface area contributed by atoms with E-state index in [4.69, 9.17) is 16.3 Å². The summed E-state index contributed by atoms with van der Waals surface area (Å²) in [4.78, 5) is 17.1. The molecule has 1 saturated carbocycles. The lowest BCUT2D eigenvalue weighted by Gasteiger charge is -2.17. The zero-order valence-corrected chi connectivity index (χ0v) is 22.4. The number of aliphatic carboxylic acids is 1. The molecule has 4 aromatic rings.